The number of aromatic hydroxyl groups is 1. The Kier molecular flexibility index (Phi) is 6.58. The van der Waals surface area contributed by atoms with Crippen LogP contribution in [0.5, 0.6) is 11.5 Å². The van der Waals surface area contributed by atoms with Crippen molar-refractivity contribution in [2.45, 2.75) is 20.8 Å². The fraction of sp³-hybridized carbons (Fsp3) is 0.190. The van der Waals surface area contributed by atoms with Crippen LogP contribution in [0.1, 0.15) is 29.2 Å². The molecule has 0 saturated heterocycles. The van der Waals surface area contributed by atoms with Gasteiger partial charge in [-0.2, -0.15) is 8.42 Å². The zero-order valence-electron chi connectivity index (χ0n) is 15.5. The second-order valence-electron chi connectivity index (χ2n) is 6.06. The lowest BCUT2D eigenvalue weighted by atomic mass is 10.1. The average molecular weight is 386 g/mol. The number of rotatable bonds is 7. The third-order valence-corrected chi connectivity index (χ3v) is 5.08. The number of benzene rings is 2. The van der Waals surface area contributed by atoms with Gasteiger partial charge in [0.25, 0.3) is 0 Å². The van der Waals surface area contributed by atoms with Crippen molar-refractivity contribution in [3.63, 3.8) is 0 Å². The highest BCUT2D eigenvalue weighted by Gasteiger charge is 2.09. The average Bonchev–Trinajstić information content (AvgIpc) is 2.60. The minimum Gasteiger partial charge on any atom is -0.508 e. The first-order valence-electron chi connectivity index (χ1n) is 8.43. The maximum Gasteiger partial charge on any atom is 0.308 e. The van der Waals surface area contributed by atoms with Gasteiger partial charge in [0.1, 0.15) is 11.5 Å². The second-order valence-corrected chi connectivity index (χ2v) is 7.92. The molecule has 0 unspecified atom stereocenters. The number of aryl methyl sites for hydroxylation is 2. The fourth-order valence-corrected chi connectivity index (χ4v) is 2.85. The number of carbonyl (C=O) groups is 1. The van der Waals surface area contributed by atoms with Crippen molar-refractivity contribution in [3.05, 3.63) is 70.8 Å². The molecule has 0 fully saturated rings. The molecule has 0 aliphatic rings. The molecule has 1 N–H and O–H groups in total. The van der Waals surface area contributed by atoms with E-state index in [1.54, 1.807) is 48.6 Å². The summed E-state index contributed by atoms with van der Waals surface area (Å²) in [5.41, 5.74) is 3.31. The topological polar surface area (TPSA) is 80.7 Å². The van der Waals surface area contributed by atoms with Gasteiger partial charge < -0.3 is 9.29 Å². The van der Waals surface area contributed by atoms with Crippen molar-refractivity contribution in [1.29, 1.82) is 0 Å². The van der Waals surface area contributed by atoms with E-state index in [-0.39, 0.29) is 23.0 Å². The molecule has 0 bridgehead atoms. The van der Waals surface area contributed by atoms with Crippen LogP contribution in [0.15, 0.2) is 48.6 Å². The van der Waals surface area contributed by atoms with E-state index in [1.807, 2.05) is 13.8 Å². The Balaban J connectivity index is 2.08. The van der Waals surface area contributed by atoms with Crippen molar-refractivity contribution in [2.75, 3.05) is 5.75 Å². The molecule has 27 heavy (non-hydrogen) atoms. The molecule has 0 aliphatic heterocycles. The standard InChI is InChI=1S/C21H22O5S/c1-4-27(24,25)26-21-12-8-18(16(3)14-21)6-10-19(22)9-5-17-7-11-20(23)13-15(17)2/h5-14,23H,4H2,1-3H3/b9-5+,10-6+. The molecule has 0 atom stereocenters. The van der Waals surface area contributed by atoms with Gasteiger partial charge in [0.05, 0.1) is 5.75 Å². The van der Waals surface area contributed by atoms with Crippen LogP contribution in [0.4, 0.5) is 0 Å². The first kappa shape index (κ1) is 20.5. The molecule has 142 valence electrons. The summed E-state index contributed by atoms with van der Waals surface area (Å²) in [5.74, 6) is 0.150. The van der Waals surface area contributed by atoms with E-state index in [9.17, 15) is 18.3 Å². The molecule has 0 aromatic heterocycles. The molecule has 5 nitrogen and oxygen atoms in total. The third-order valence-electron chi connectivity index (χ3n) is 3.93. The van der Waals surface area contributed by atoms with Gasteiger partial charge in [0, 0.05) is 0 Å². The lowest BCUT2D eigenvalue weighted by molar-refractivity contribution is -0.110. The quantitative estimate of drug-likeness (QED) is 0.574. The molecular weight excluding hydrogens is 364 g/mol. The monoisotopic (exact) mass is 386 g/mol. The summed E-state index contributed by atoms with van der Waals surface area (Å²) in [6, 6.07) is 9.82. The third kappa shape index (κ3) is 6.11. The summed E-state index contributed by atoms with van der Waals surface area (Å²) in [7, 11) is -3.56. The van der Waals surface area contributed by atoms with Crippen LogP contribution in [-0.4, -0.2) is 25.1 Å². The Morgan fingerprint density at radius 3 is 2.07 bits per heavy atom. The molecule has 0 aliphatic carbocycles. The van der Waals surface area contributed by atoms with Crippen molar-refractivity contribution in [2.24, 2.45) is 0 Å². The summed E-state index contributed by atoms with van der Waals surface area (Å²) in [6.45, 7) is 5.18. The number of phenols is 1. The molecule has 0 spiro atoms. The summed E-state index contributed by atoms with van der Waals surface area (Å²) in [4.78, 5) is 12.0. The van der Waals surface area contributed by atoms with E-state index >= 15 is 0 Å². The lowest BCUT2D eigenvalue weighted by Crippen LogP contribution is -2.11. The van der Waals surface area contributed by atoms with Gasteiger partial charge in [-0.15, -0.1) is 0 Å². The van der Waals surface area contributed by atoms with Crippen molar-refractivity contribution in [1.82, 2.24) is 0 Å². The van der Waals surface area contributed by atoms with E-state index in [0.29, 0.717) is 0 Å². The number of ketones is 1. The molecule has 0 heterocycles. The maximum absolute atomic E-state index is 12.0. The van der Waals surface area contributed by atoms with E-state index in [4.69, 9.17) is 4.18 Å². The molecular formula is C21H22O5S. The van der Waals surface area contributed by atoms with Crippen LogP contribution >= 0.6 is 0 Å². The molecule has 6 heteroatoms. The van der Waals surface area contributed by atoms with Crippen LogP contribution in [0.25, 0.3) is 12.2 Å². The molecule has 2 rings (SSSR count). The van der Waals surface area contributed by atoms with E-state index in [2.05, 4.69) is 0 Å². The predicted molar refractivity (Wildman–Crippen MR) is 107 cm³/mol. The normalized spacial score (nSPS) is 12.0. The van der Waals surface area contributed by atoms with Gasteiger partial charge in [-0.1, -0.05) is 24.3 Å². The van der Waals surface area contributed by atoms with Crippen molar-refractivity contribution < 1.29 is 22.5 Å². The van der Waals surface area contributed by atoms with Crippen LogP contribution < -0.4 is 4.18 Å². The highest BCUT2D eigenvalue weighted by molar-refractivity contribution is 7.87. The number of carbonyl (C=O) groups excluding carboxylic acids is 1. The number of hydrogen-bond acceptors (Lipinski definition) is 5. The number of phenolic OH excluding ortho intramolecular Hbond substituents is 1. The largest absolute Gasteiger partial charge is 0.508 e. The Morgan fingerprint density at radius 2 is 1.56 bits per heavy atom. The zero-order chi connectivity index (χ0) is 20.0. The SMILES string of the molecule is CCS(=O)(=O)Oc1ccc(/C=C/C(=O)/C=C/c2ccc(O)cc2C)c(C)c1. The van der Waals surface area contributed by atoms with Gasteiger partial charge >= 0.3 is 10.1 Å². The summed E-state index contributed by atoms with van der Waals surface area (Å²) >= 11 is 0. The zero-order valence-corrected chi connectivity index (χ0v) is 16.3. The molecule has 2 aromatic rings. The lowest BCUT2D eigenvalue weighted by Gasteiger charge is -2.07. The number of allylic oxidation sites excluding steroid dienone is 2. The molecule has 2 aromatic carbocycles. The van der Waals surface area contributed by atoms with Crippen molar-refractivity contribution in [3.8, 4) is 11.5 Å². The Bertz CT molecular complexity index is 1000. The van der Waals surface area contributed by atoms with Crippen LogP contribution in [0.2, 0.25) is 0 Å². The maximum atomic E-state index is 12.0. The van der Waals surface area contributed by atoms with E-state index < -0.39 is 10.1 Å². The fourth-order valence-electron chi connectivity index (χ4n) is 2.34. The summed E-state index contributed by atoms with van der Waals surface area (Å²) < 4.78 is 28.0. The Hall–Kier alpha value is -2.86. The van der Waals surface area contributed by atoms with Crippen LogP contribution in [0, 0.1) is 13.8 Å². The molecule has 0 radical (unpaired) electrons. The highest BCUT2D eigenvalue weighted by Crippen LogP contribution is 2.20. The van der Waals surface area contributed by atoms with Gasteiger partial charge in [0.2, 0.25) is 0 Å². The minimum absolute atomic E-state index is 0.102. The summed E-state index contributed by atoms with van der Waals surface area (Å²) in [5, 5.41) is 9.40. The smallest absolute Gasteiger partial charge is 0.308 e. The Labute approximate surface area is 159 Å². The van der Waals surface area contributed by atoms with Gasteiger partial charge in [-0.3, -0.25) is 4.79 Å². The highest BCUT2D eigenvalue weighted by atomic mass is 32.2. The van der Waals surface area contributed by atoms with E-state index in [1.165, 1.54) is 19.1 Å². The molecule has 0 amide bonds. The number of hydrogen-bond donors (Lipinski definition) is 1. The van der Waals surface area contributed by atoms with Crippen LogP contribution in [-0.2, 0) is 14.9 Å². The first-order valence-corrected chi connectivity index (χ1v) is 10.0. The summed E-state index contributed by atoms with van der Waals surface area (Å²) in [6.07, 6.45) is 6.26. The predicted octanol–water partition coefficient (Wildman–Crippen LogP) is 4.03. The second kappa shape index (κ2) is 8.68. The van der Waals surface area contributed by atoms with Crippen LogP contribution in [0.3, 0.4) is 0 Å². The molecule has 0 saturated carbocycles. The minimum atomic E-state index is -3.56. The van der Waals surface area contributed by atoms with Gasteiger partial charge in [-0.05, 0) is 79.4 Å². The first-order chi connectivity index (χ1) is 12.7. The van der Waals surface area contributed by atoms with Gasteiger partial charge in [-0.25, -0.2) is 0 Å². The van der Waals surface area contributed by atoms with Crippen molar-refractivity contribution >= 4 is 28.1 Å². The van der Waals surface area contributed by atoms with Gasteiger partial charge in [0.15, 0.2) is 5.78 Å². The van der Waals surface area contributed by atoms with E-state index in [0.717, 1.165) is 22.3 Å². The Morgan fingerprint density at radius 1 is 1.00 bits per heavy atom.